The number of rotatable bonds is 3. The predicted molar refractivity (Wildman–Crippen MR) is 46.2 cm³/mol. The number of aromatic nitrogens is 2. The fraction of sp³-hybridized carbons (Fsp3) is 0.444. The van der Waals surface area contributed by atoms with E-state index >= 15 is 0 Å². The summed E-state index contributed by atoms with van der Waals surface area (Å²) in [5.74, 6) is 0.222. The van der Waals surface area contributed by atoms with Crippen molar-refractivity contribution in [2.45, 2.75) is 20.4 Å². The number of halogens is 1. The van der Waals surface area contributed by atoms with Crippen molar-refractivity contribution in [2.75, 3.05) is 0 Å². The summed E-state index contributed by atoms with van der Waals surface area (Å²) in [5, 5.41) is 0. The lowest BCUT2D eigenvalue weighted by Crippen LogP contribution is -1.96. The minimum Gasteiger partial charge on any atom is -0.304 e. The summed E-state index contributed by atoms with van der Waals surface area (Å²) in [5.41, 5.74) is 0. The Labute approximate surface area is 71.7 Å². The molecule has 0 atom stereocenters. The summed E-state index contributed by atoms with van der Waals surface area (Å²) in [4.78, 5) is 3.67. The lowest BCUT2D eigenvalue weighted by molar-refractivity contribution is 0.519. The number of allylic oxidation sites excluding steroid dienone is 2. The van der Waals surface area contributed by atoms with Gasteiger partial charge < -0.3 is 4.57 Å². The molecule has 0 fully saturated rings. The smallest absolute Gasteiger partial charge is 0.213 e. The molecule has 0 bridgehead atoms. The largest absolute Gasteiger partial charge is 0.304 e. The molecule has 0 saturated carbocycles. The van der Waals surface area contributed by atoms with E-state index in [0.717, 1.165) is 0 Å². The summed E-state index contributed by atoms with van der Waals surface area (Å²) < 4.78 is 14.2. The average molecular weight is 168 g/mol. The maximum atomic E-state index is 12.7. The molecule has 0 aromatic carbocycles. The molecule has 0 aliphatic carbocycles. The van der Waals surface area contributed by atoms with Crippen molar-refractivity contribution >= 4 is 0 Å². The molecule has 12 heavy (non-hydrogen) atoms. The molecular formula is C9H13FN2. The molecule has 1 heterocycles. The number of hydrogen-bond donors (Lipinski definition) is 0. The van der Waals surface area contributed by atoms with E-state index in [-0.39, 0.29) is 5.95 Å². The molecular weight excluding hydrogens is 155 g/mol. The second-order valence-corrected chi connectivity index (χ2v) is 3.04. The summed E-state index contributed by atoms with van der Waals surface area (Å²) in [6.45, 7) is 4.73. The van der Waals surface area contributed by atoms with Gasteiger partial charge in [0.15, 0.2) is 0 Å². The molecule has 0 saturated heterocycles. The number of hydrogen-bond acceptors (Lipinski definition) is 1. The molecule has 3 heteroatoms. The Hall–Kier alpha value is -1.12. The first kappa shape index (κ1) is 8.97. The molecule has 1 aromatic heterocycles. The Morgan fingerprint density at radius 1 is 1.67 bits per heavy atom. The SMILES string of the molecule is CC(C)/C=C/Cn1cncc1F. The molecule has 0 aliphatic heterocycles. The number of imidazole rings is 1. The third kappa shape index (κ3) is 2.49. The van der Waals surface area contributed by atoms with Crippen LogP contribution in [-0.4, -0.2) is 9.55 Å². The van der Waals surface area contributed by atoms with Gasteiger partial charge in [-0.05, 0) is 5.92 Å². The summed E-state index contributed by atoms with van der Waals surface area (Å²) in [6.07, 6.45) is 6.68. The quantitative estimate of drug-likeness (QED) is 0.633. The molecule has 2 nitrogen and oxygen atoms in total. The molecule has 0 amide bonds. The fourth-order valence-electron chi connectivity index (χ4n) is 0.886. The van der Waals surface area contributed by atoms with Crippen LogP contribution in [0.4, 0.5) is 4.39 Å². The van der Waals surface area contributed by atoms with Gasteiger partial charge in [-0.1, -0.05) is 26.0 Å². The van der Waals surface area contributed by atoms with Gasteiger partial charge >= 0.3 is 0 Å². The van der Waals surface area contributed by atoms with Crippen molar-refractivity contribution in [3.05, 3.63) is 30.6 Å². The maximum Gasteiger partial charge on any atom is 0.213 e. The maximum absolute atomic E-state index is 12.7. The summed E-state index contributed by atoms with van der Waals surface area (Å²) in [6, 6.07) is 0. The second-order valence-electron chi connectivity index (χ2n) is 3.04. The molecule has 0 spiro atoms. The van der Waals surface area contributed by atoms with Gasteiger partial charge in [0, 0.05) is 6.54 Å². The van der Waals surface area contributed by atoms with Crippen LogP contribution in [0.1, 0.15) is 13.8 Å². The van der Waals surface area contributed by atoms with Gasteiger partial charge in [0.1, 0.15) is 0 Å². The highest BCUT2D eigenvalue weighted by atomic mass is 19.1. The van der Waals surface area contributed by atoms with Crippen molar-refractivity contribution in [2.24, 2.45) is 5.92 Å². The zero-order chi connectivity index (χ0) is 8.97. The van der Waals surface area contributed by atoms with Gasteiger partial charge in [-0.2, -0.15) is 4.39 Å². The lowest BCUT2D eigenvalue weighted by atomic mass is 10.2. The summed E-state index contributed by atoms with van der Waals surface area (Å²) in [7, 11) is 0. The van der Waals surface area contributed by atoms with Crippen LogP contribution in [0.2, 0.25) is 0 Å². The van der Waals surface area contributed by atoms with Crippen molar-refractivity contribution in [1.82, 2.24) is 9.55 Å². The highest BCUT2D eigenvalue weighted by Crippen LogP contribution is 1.98. The van der Waals surface area contributed by atoms with E-state index < -0.39 is 0 Å². The van der Waals surface area contributed by atoms with Crippen LogP contribution >= 0.6 is 0 Å². The van der Waals surface area contributed by atoms with Crippen LogP contribution in [-0.2, 0) is 6.54 Å². The van der Waals surface area contributed by atoms with Gasteiger partial charge in [0.2, 0.25) is 5.95 Å². The van der Waals surface area contributed by atoms with E-state index in [2.05, 4.69) is 18.8 Å². The molecule has 0 N–H and O–H groups in total. The second kappa shape index (κ2) is 4.04. The molecule has 0 radical (unpaired) electrons. The predicted octanol–water partition coefficient (Wildman–Crippen LogP) is 2.23. The third-order valence-corrected chi connectivity index (χ3v) is 1.48. The van der Waals surface area contributed by atoms with Crippen LogP contribution < -0.4 is 0 Å². The van der Waals surface area contributed by atoms with Gasteiger partial charge in [0.25, 0.3) is 0 Å². The first-order valence-corrected chi connectivity index (χ1v) is 4.02. The zero-order valence-electron chi connectivity index (χ0n) is 7.37. The van der Waals surface area contributed by atoms with E-state index in [1.54, 1.807) is 0 Å². The normalized spacial score (nSPS) is 11.7. The van der Waals surface area contributed by atoms with Gasteiger partial charge in [-0.15, -0.1) is 0 Å². The van der Waals surface area contributed by atoms with Crippen molar-refractivity contribution < 1.29 is 4.39 Å². The minimum absolute atomic E-state index is 0.289. The van der Waals surface area contributed by atoms with Gasteiger partial charge in [-0.25, -0.2) is 4.98 Å². The average Bonchev–Trinajstić information content (AvgIpc) is 2.36. The first-order valence-electron chi connectivity index (χ1n) is 4.02. The van der Waals surface area contributed by atoms with Gasteiger partial charge in [-0.3, -0.25) is 0 Å². The van der Waals surface area contributed by atoms with Crippen molar-refractivity contribution in [3.8, 4) is 0 Å². The monoisotopic (exact) mass is 168 g/mol. The third-order valence-electron chi connectivity index (χ3n) is 1.48. The highest BCUT2D eigenvalue weighted by molar-refractivity contribution is 4.88. The topological polar surface area (TPSA) is 17.8 Å². The summed E-state index contributed by atoms with van der Waals surface area (Å²) >= 11 is 0. The molecule has 66 valence electrons. The van der Waals surface area contributed by atoms with Crippen LogP contribution in [0.3, 0.4) is 0 Å². The van der Waals surface area contributed by atoms with E-state index in [1.807, 2.05) is 12.2 Å². The first-order chi connectivity index (χ1) is 5.70. The molecule has 0 unspecified atom stereocenters. The van der Waals surface area contributed by atoms with Crippen LogP contribution in [0.5, 0.6) is 0 Å². The Balaban J connectivity index is 2.48. The Bertz CT molecular complexity index is 263. The van der Waals surface area contributed by atoms with Crippen molar-refractivity contribution in [3.63, 3.8) is 0 Å². The van der Waals surface area contributed by atoms with Crippen molar-refractivity contribution in [1.29, 1.82) is 0 Å². The van der Waals surface area contributed by atoms with Gasteiger partial charge in [0.05, 0.1) is 12.5 Å². The van der Waals surface area contributed by atoms with Crippen LogP contribution in [0, 0.1) is 11.9 Å². The van der Waals surface area contributed by atoms with E-state index in [9.17, 15) is 4.39 Å². The number of nitrogens with zero attached hydrogens (tertiary/aromatic N) is 2. The van der Waals surface area contributed by atoms with Crippen LogP contribution in [0.25, 0.3) is 0 Å². The Morgan fingerprint density at radius 3 is 2.92 bits per heavy atom. The van der Waals surface area contributed by atoms with E-state index in [0.29, 0.717) is 12.5 Å². The van der Waals surface area contributed by atoms with Crippen LogP contribution in [0.15, 0.2) is 24.7 Å². The fourth-order valence-corrected chi connectivity index (χ4v) is 0.886. The minimum atomic E-state index is -0.289. The lowest BCUT2D eigenvalue weighted by Gasteiger charge is -1.97. The highest BCUT2D eigenvalue weighted by Gasteiger charge is 1.95. The Kier molecular flexibility index (Phi) is 3.02. The molecule has 1 aromatic rings. The Morgan fingerprint density at radius 2 is 2.42 bits per heavy atom. The molecule has 0 aliphatic rings. The van der Waals surface area contributed by atoms with E-state index in [4.69, 9.17) is 0 Å². The standard InChI is InChI=1S/C9H13FN2/c1-8(2)4-3-5-12-7-11-6-9(12)10/h3-4,6-8H,5H2,1-2H3/b4-3+. The molecule has 1 rings (SSSR count). The van der Waals surface area contributed by atoms with E-state index in [1.165, 1.54) is 17.1 Å². The zero-order valence-corrected chi connectivity index (χ0v) is 7.37.